The van der Waals surface area contributed by atoms with Crippen LogP contribution in [0.3, 0.4) is 0 Å². The van der Waals surface area contributed by atoms with Crippen LogP contribution in [0.5, 0.6) is 11.5 Å². The molecule has 0 aromatic heterocycles. The highest BCUT2D eigenvalue weighted by molar-refractivity contribution is 6.09. The molecule has 0 heterocycles. The summed E-state index contributed by atoms with van der Waals surface area (Å²) in [6.45, 7) is 0. The lowest BCUT2D eigenvalue weighted by Crippen LogP contribution is -2.09. The van der Waals surface area contributed by atoms with Crippen molar-refractivity contribution in [1.82, 2.24) is 0 Å². The molecule has 3 aromatic rings. The molecule has 4 nitrogen and oxygen atoms in total. The van der Waals surface area contributed by atoms with Gasteiger partial charge in [-0.3, -0.25) is 9.59 Å². The molecule has 3 aromatic carbocycles. The fourth-order valence-electron chi connectivity index (χ4n) is 2.89. The number of carbonyl (C=O) groups is 2. The molecule has 0 atom stereocenters. The molecule has 0 aliphatic heterocycles. The zero-order valence-electron chi connectivity index (χ0n) is 14.6. The zero-order chi connectivity index (χ0) is 18.5. The Morgan fingerprint density at radius 1 is 0.962 bits per heavy atom. The first-order valence-corrected chi connectivity index (χ1v) is 8.46. The van der Waals surface area contributed by atoms with Gasteiger partial charge in [-0.25, -0.2) is 0 Å². The van der Waals surface area contributed by atoms with Crippen molar-refractivity contribution in [3.63, 3.8) is 0 Å². The number of hydrogen-bond donors (Lipinski definition) is 1. The van der Waals surface area contributed by atoms with Gasteiger partial charge in [0.15, 0.2) is 17.3 Å². The molecule has 0 saturated heterocycles. The first-order valence-electron chi connectivity index (χ1n) is 8.46. The molecule has 26 heavy (non-hydrogen) atoms. The van der Waals surface area contributed by atoms with Gasteiger partial charge in [-0.15, -0.1) is 0 Å². The standard InChI is InChI=1S/C22H20O4/c1-26-22-12-15(7-11-20(22)24)6-10-19(23)14-21(25)18-9-8-16-4-2-3-5-17(16)13-18/h2-5,7-9,11-13,24H,6,10,14H2,1H3. The number of benzene rings is 3. The first kappa shape index (κ1) is 17.7. The Kier molecular flexibility index (Phi) is 5.32. The smallest absolute Gasteiger partial charge is 0.170 e. The quantitative estimate of drug-likeness (QED) is 0.510. The van der Waals surface area contributed by atoms with Gasteiger partial charge in [0.05, 0.1) is 13.5 Å². The van der Waals surface area contributed by atoms with Crippen molar-refractivity contribution in [2.45, 2.75) is 19.3 Å². The lowest BCUT2D eigenvalue weighted by molar-refractivity contribution is -0.118. The molecule has 0 aliphatic rings. The third-order valence-corrected chi connectivity index (χ3v) is 4.37. The maximum Gasteiger partial charge on any atom is 0.170 e. The predicted octanol–water partition coefficient (Wildman–Crippen LogP) is 4.33. The third-order valence-electron chi connectivity index (χ3n) is 4.37. The predicted molar refractivity (Wildman–Crippen MR) is 101 cm³/mol. The maximum absolute atomic E-state index is 12.4. The minimum Gasteiger partial charge on any atom is -0.504 e. The average molecular weight is 348 g/mol. The number of fused-ring (bicyclic) bond motifs is 1. The van der Waals surface area contributed by atoms with Gasteiger partial charge in [0.1, 0.15) is 5.78 Å². The van der Waals surface area contributed by atoms with Crippen molar-refractivity contribution in [3.05, 3.63) is 71.8 Å². The second-order valence-electron chi connectivity index (χ2n) is 6.21. The van der Waals surface area contributed by atoms with Crippen molar-refractivity contribution >= 4 is 22.3 Å². The molecular weight excluding hydrogens is 328 g/mol. The molecule has 0 fully saturated rings. The monoisotopic (exact) mass is 348 g/mol. The summed E-state index contributed by atoms with van der Waals surface area (Å²) in [5, 5.41) is 11.7. The molecule has 0 unspecified atom stereocenters. The van der Waals surface area contributed by atoms with Crippen LogP contribution in [-0.2, 0) is 11.2 Å². The largest absolute Gasteiger partial charge is 0.504 e. The molecule has 0 saturated carbocycles. The van der Waals surface area contributed by atoms with Gasteiger partial charge in [0.25, 0.3) is 0 Å². The van der Waals surface area contributed by atoms with Gasteiger partial charge in [0.2, 0.25) is 0 Å². The van der Waals surface area contributed by atoms with E-state index in [9.17, 15) is 14.7 Å². The van der Waals surface area contributed by atoms with Crippen molar-refractivity contribution in [1.29, 1.82) is 0 Å². The Morgan fingerprint density at radius 3 is 2.50 bits per heavy atom. The number of ether oxygens (including phenoxy) is 1. The number of methoxy groups -OCH3 is 1. The third kappa shape index (κ3) is 4.09. The number of aryl methyl sites for hydroxylation is 1. The van der Waals surface area contributed by atoms with Gasteiger partial charge in [0, 0.05) is 12.0 Å². The molecule has 0 spiro atoms. The van der Waals surface area contributed by atoms with E-state index in [1.807, 2.05) is 36.4 Å². The van der Waals surface area contributed by atoms with E-state index in [2.05, 4.69) is 0 Å². The molecule has 0 amide bonds. The van der Waals surface area contributed by atoms with E-state index in [0.29, 0.717) is 17.7 Å². The normalized spacial score (nSPS) is 10.7. The number of aromatic hydroxyl groups is 1. The van der Waals surface area contributed by atoms with Crippen LogP contribution in [-0.4, -0.2) is 23.8 Å². The number of Topliss-reactive ketones (excluding diaryl/α,β-unsaturated/α-hetero) is 2. The summed E-state index contributed by atoms with van der Waals surface area (Å²) in [7, 11) is 1.48. The SMILES string of the molecule is COc1cc(CCC(=O)CC(=O)c2ccc3ccccc3c2)ccc1O. The number of phenols is 1. The van der Waals surface area contributed by atoms with Gasteiger partial charge in [-0.2, -0.15) is 0 Å². The molecule has 0 radical (unpaired) electrons. The van der Waals surface area contributed by atoms with Crippen LogP contribution in [0.15, 0.2) is 60.7 Å². The lowest BCUT2D eigenvalue weighted by atomic mass is 9.99. The zero-order valence-corrected chi connectivity index (χ0v) is 14.6. The second kappa shape index (κ2) is 7.83. The van der Waals surface area contributed by atoms with E-state index >= 15 is 0 Å². The minimum absolute atomic E-state index is 0.0639. The molecule has 132 valence electrons. The Balaban J connectivity index is 1.61. The Bertz CT molecular complexity index is 959. The van der Waals surface area contributed by atoms with Crippen LogP contribution < -0.4 is 4.74 Å². The van der Waals surface area contributed by atoms with E-state index in [4.69, 9.17) is 4.74 Å². The summed E-state index contributed by atoms with van der Waals surface area (Å²) < 4.78 is 5.06. The van der Waals surface area contributed by atoms with Crippen LogP contribution in [0.4, 0.5) is 0 Å². The molecule has 4 heteroatoms. The highest BCUT2D eigenvalue weighted by Gasteiger charge is 2.13. The summed E-state index contributed by atoms with van der Waals surface area (Å²) in [6.07, 6.45) is 0.668. The fraction of sp³-hybridized carbons (Fsp3) is 0.182. The first-order chi connectivity index (χ1) is 12.6. The Labute approximate surface area is 152 Å². The van der Waals surface area contributed by atoms with Gasteiger partial charge < -0.3 is 9.84 Å². The van der Waals surface area contributed by atoms with Crippen LogP contribution in [0.1, 0.15) is 28.8 Å². The van der Waals surface area contributed by atoms with Crippen LogP contribution in [0.25, 0.3) is 10.8 Å². The highest BCUT2D eigenvalue weighted by atomic mass is 16.5. The molecule has 3 rings (SSSR count). The number of ketones is 2. The van der Waals surface area contributed by atoms with E-state index in [-0.39, 0.29) is 30.2 Å². The molecule has 0 aliphatic carbocycles. The summed E-state index contributed by atoms with van der Waals surface area (Å²) in [5.74, 6) is 0.176. The van der Waals surface area contributed by atoms with Gasteiger partial charge >= 0.3 is 0 Å². The lowest BCUT2D eigenvalue weighted by Gasteiger charge is -2.07. The molecular formula is C22H20O4. The van der Waals surface area contributed by atoms with E-state index < -0.39 is 0 Å². The van der Waals surface area contributed by atoms with Crippen LogP contribution >= 0.6 is 0 Å². The number of rotatable bonds is 7. The van der Waals surface area contributed by atoms with Crippen molar-refractivity contribution in [2.75, 3.05) is 7.11 Å². The van der Waals surface area contributed by atoms with E-state index in [1.165, 1.54) is 7.11 Å². The number of phenolic OH excluding ortho intramolecular Hbond substituents is 1. The number of hydrogen-bond acceptors (Lipinski definition) is 4. The fourth-order valence-corrected chi connectivity index (χ4v) is 2.89. The van der Waals surface area contributed by atoms with E-state index in [1.54, 1.807) is 24.3 Å². The van der Waals surface area contributed by atoms with Crippen LogP contribution in [0, 0.1) is 0 Å². The van der Waals surface area contributed by atoms with Gasteiger partial charge in [-0.05, 0) is 41.0 Å². The summed E-state index contributed by atoms with van der Waals surface area (Å²) >= 11 is 0. The second-order valence-corrected chi connectivity index (χ2v) is 6.21. The number of carbonyl (C=O) groups excluding carboxylic acids is 2. The molecule has 1 N–H and O–H groups in total. The highest BCUT2D eigenvalue weighted by Crippen LogP contribution is 2.26. The summed E-state index contributed by atoms with van der Waals surface area (Å²) in [5.41, 5.74) is 1.44. The van der Waals surface area contributed by atoms with Crippen molar-refractivity contribution < 1.29 is 19.4 Å². The van der Waals surface area contributed by atoms with Crippen molar-refractivity contribution in [2.24, 2.45) is 0 Å². The van der Waals surface area contributed by atoms with E-state index in [0.717, 1.165) is 16.3 Å². The van der Waals surface area contributed by atoms with Crippen LogP contribution in [0.2, 0.25) is 0 Å². The maximum atomic E-state index is 12.4. The Morgan fingerprint density at radius 2 is 1.73 bits per heavy atom. The minimum atomic E-state index is -0.163. The van der Waals surface area contributed by atoms with Gasteiger partial charge in [-0.1, -0.05) is 42.5 Å². The molecule has 0 bridgehead atoms. The Hall–Kier alpha value is -3.14. The topological polar surface area (TPSA) is 63.6 Å². The average Bonchev–Trinajstić information content (AvgIpc) is 2.66. The summed E-state index contributed by atoms with van der Waals surface area (Å²) in [6, 6.07) is 18.3. The summed E-state index contributed by atoms with van der Waals surface area (Å²) in [4.78, 5) is 24.6. The van der Waals surface area contributed by atoms with Crippen molar-refractivity contribution in [3.8, 4) is 11.5 Å².